The number of nitrogens with one attached hydrogen (secondary N) is 1. The van der Waals surface area contributed by atoms with Crippen LogP contribution in [0.25, 0.3) is 0 Å². The third kappa shape index (κ3) is 4.51. The third-order valence-corrected chi connectivity index (χ3v) is 6.73. The summed E-state index contributed by atoms with van der Waals surface area (Å²) in [6.45, 7) is -0.329. The van der Waals surface area contributed by atoms with E-state index in [1.807, 2.05) is 4.72 Å². The summed E-state index contributed by atoms with van der Waals surface area (Å²) in [5.41, 5.74) is -2.66. The monoisotopic (exact) mass is 529 g/mol. The van der Waals surface area contributed by atoms with E-state index in [1.54, 1.807) is 0 Å². The van der Waals surface area contributed by atoms with E-state index >= 15 is 0 Å². The minimum absolute atomic E-state index is 0.112. The molecule has 182 valence electrons. The maximum atomic E-state index is 13.6. The number of carbonyl (C=O) groups is 2. The van der Waals surface area contributed by atoms with Crippen molar-refractivity contribution < 1.29 is 40.3 Å². The highest BCUT2D eigenvalue weighted by Gasteiger charge is 2.41. The van der Waals surface area contributed by atoms with Crippen LogP contribution >= 0.6 is 11.6 Å². The Morgan fingerprint density at radius 1 is 1.06 bits per heavy atom. The van der Waals surface area contributed by atoms with Gasteiger partial charge in [-0.15, -0.1) is 0 Å². The summed E-state index contributed by atoms with van der Waals surface area (Å²) in [6.07, 6.45) is -2.84. The molecule has 2 amide bonds. The van der Waals surface area contributed by atoms with Crippen molar-refractivity contribution in [3.8, 4) is 0 Å². The first-order valence-corrected chi connectivity index (χ1v) is 11.4. The number of alkyl halides is 3. The van der Waals surface area contributed by atoms with Crippen molar-refractivity contribution in [2.75, 3.05) is 4.72 Å². The summed E-state index contributed by atoms with van der Waals surface area (Å²) >= 11 is 6.07. The minimum atomic E-state index is -5.15. The molecule has 3 aromatic rings. The van der Waals surface area contributed by atoms with E-state index < -0.39 is 55.5 Å². The lowest BCUT2D eigenvalue weighted by Crippen LogP contribution is -2.31. The zero-order valence-electron chi connectivity index (χ0n) is 17.1. The van der Waals surface area contributed by atoms with Crippen LogP contribution in [-0.4, -0.2) is 25.1 Å². The van der Waals surface area contributed by atoms with Crippen molar-refractivity contribution in [2.45, 2.75) is 17.6 Å². The van der Waals surface area contributed by atoms with Crippen molar-refractivity contribution in [3.63, 3.8) is 0 Å². The Bertz CT molecular complexity index is 1490. The number of pyridine rings is 1. The summed E-state index contributed by atoms with van der Waals surface area (Å²) in [5.74, 6) is -3.47. The molecule has 1 aliphatic heterocycles. The average molecular weight is 530 g/mol. The number of fused-ring (bicyclic) bond motifs is 1. The number of rotatable bonds is 5. The zero-order chi connectivity index (χ0) is 25.7. The molecule has 2 aromatic carbocycles. The van der Waals surface area contributed by atoms with Crippen LogP contribution in [0.2, 0.25) is 5.02 Å². The molecule has 0 unspecified atom stereocenters. The molecule has 0 atom stereocenters. The SMILES string of the molecule is O=C1c2c(Cl)ccc(NS(=O)(=O)c3ccc(F)c(C(F)(F)F)c3)c2C(=O)N1Cc1ccc[n+]([O-])c1. The molecule has 0 aliphatic carbocycles. The summed E-state index contributed by atoms with van der Waals surface area (Å²) < 4.78 is 80.7. The van der Waals surface area contributed by atoms with Gasteiger partial charge in [-0.05, 0) is 36.4 Å². The number of aromatic nitrogens is 1. The van der Waals surface area contributed by atoms with E-state index in [0.717, 1.165) is 23.2 Å². The predicted octanol–water partition coefficient (Wildman–Crippen LogP) is 3.73. The Labute approximate surface area is 200 Å². The molecule has 14 heteroatoms. The average Bonchev–Trinajstić information content (AvgIpc) is 3.01. The number of anilines is 1. The number of amides is 2. The second kappa shape index (κ2) is 8.50. The van der Waals surface area contributed by atoms with Crippen LogP contribution in [0.3, 0.4) is 0 Å². The Morgan fingerprint density at radius 3 is 2.40 bits per heavy atom. The molecular weight excluding hydrogens is 518 g/mol. The number of benzene rings is 2. The fourth-order valence-corrected chi connectivity index (χ4v) is 4.80. The first-order chi connectivity index (χ1) is 16.3. The van der Waals surface area contributed by atoms with Gasteiger partial charge in [0.1, 0.15) is 5.82 Å². The van der Waals surface area contributed by atoms with E-state index in [4.69, 9.17) is 11.6 Å². The molecule has 8 nitrogen and oxygen atoms in total. The molecule has 0 fully saturated rings. The molecular formula is C21H12ClF4N3O5S. The fraction of sp³-hybridized carbons (Fsp3) is 0.0952. The summed E-state index contributed by atoms with van der Waals surface area (Å²) in [4.78, 5) is 25.8. The second-order valence-electron chi connectivity index (χ2n) is 7.36. The van der Waals surface area contributed by atoms with Crippen LogP contribution in [0.1, 0.15) is 31.8 Å². The van der Waals surface area contributed by atoms with Gasteiger partial charge in [-0.2, -0.15) is 17.9 Å². The summed E-state index contributed by atoms with van der Waals surface area (Å²) in [7, 11) is -4.76. The molecule has 0 bridgehead atoms. The maximum Gasteiger partial charge on any atom is 0.419 e. The van der Waals surface area contributed by atoms with Crippen molar-refractivity contribution in [2.24, 2.45) is 0 Å². The smallest absolute Gasteiger partial charge is 0.419 e. The standard InChI is InChI=1S/C21H12ClF4N3O5S/c22-14-4-6-16(27-35(33,34)12-3-5-15(23)13(8-12)21(24,25)26)18-17(14)19(30)29(20(18)31)10-11-2-1-7-28(32)9-11/h1-9,27H,10H2. The molecule has 0 saturated heterocycles. The van der Waals surface area contributed by atoms with Crippen LogP contribution in [0.15, 0.2) is 59.8 Å². The Morgan fingerprint density at radius 2 is 1.74 bits per heavy atom. The van der Waals surface area contributed by atoms with Crippen molar-refractivity contribution in [1.82, 2.24) is 4.90 Å². The van der Waals surface area contributed by atoms with Gasteiger partial charge in [0.2, 0.25) is 0 Å². The van der Waals surface area contributed by atoms with Gasteiger partial charge < -0.3 is 5.21 Å². The van der Waals surface area contributed by atoms with Crippen LogP contribution in [0.5, 0.6) is 0 Å². The number of halogens is 5. The molecule has 0 saturated carbocycles. The first-order valence-electron chi connectivity index (χ1n) is 9.55. The van der Waals surface area contributed by atoms with Gasteiger partial charge in [0.05, 0.1) is 38.8 Å². The van der Waals surface area contributed by atoms with Gasteiger partial charge >= 0.3 is 6.18 Å². The van der Waals surface area contributed by atoms with E-state index in [9.17, 15) is 40.8 Å². The quantitative estimate of drug-likeness (QED) is 0.234. The number of imide groups is 1. The summed E-state index contributed by atoms with van der Waals surface area (Å²) in [5, 5.41) is 11.3. The second-order valence-corrected chi connectivity index (χ2v) is 9.45. The Hall–Kier alpha value is -3.71. The van der Waals surface area contributed by atoms with E-state index in [0.29, 0.717) is 22.4 Å². The molecule has 0 spiro atoms. The van der Waals surface area contributed by atoms with Gasteiger partial charge in [0, 0.05) is 11.6 Å². The van der Waals surface area contributed by atoms with Crippen LogP contribution < -0.4 is 9.45 Å². The highest BCUT2D eigenvalue weighted by atomic mass is 35.5. The zero-order valence-corrected chi connectivity index (χ0v) is 18.7. The lowest BCUT2D eigenvalue weighted by atomic mass is 10.1. The summed E-state index contributed by atoms with van der Waals surface area (Å²) in [6, 6.07) is 6.16. The predicted molar refractivity (Wildman–Crippen MR) is 113 cm³/mol. The van der Waals surface area contributed by atoms with E-state index in [-0.39, 0.29) is 23.2 Å². The normalized spacial score (nSPS) is 13.8. The van der Waals surface area contributed by atoms with Gasteiger partial charge in [0.25, 0.3) is 21.8 Å². The van der Waals surface area contributed by atoms with Crippen LogP contribution in [0, 0.1) is 11.0 Å². The van der Waals surface area contributed by atoms with Crippen molar-refractivity contribution in [3.05, 3.63) is 93.2 Å². The highest BCUT2D eigenvalue weighted by molar-refractivity contribution is 7.92. The largest absolute Gasteiger partial charge is 0.619 e. The van der Waals surface area contributed by atoms with Crippen LogP contribution in [-0.2, 0) is 22.7 Å². The fourth-order valence-electron chi connectivity index (χ4n) is 3.47. The lowest BCUT2D eigenvalue weighted by Gasteiger charge is -2.14. The van der Waals surface area contributed by atoms with Crippen molar-refractivity contribution >= 4 is 39.1 Å². The van der Waals surface area contributed by atoms with E-state index in [1.165, 1.54) is 18.3 Å². The van der Waals surface area contributed by atoms with Crippen LogP contribution in [0.4, 0.5) is 23.2 Å². The van der Waals surface area contributed by atoms with Crippen molar-refractivity contribution in [1.29, 1.82) is 0 Å². The highest BCUT2D eigenvalue weighted by Crippen LogP contribution is 2.37. The van der Waals surface area contributed by atoms with Gasteiger partial charge in [-0.3, -0.25) is 19.2 Å². The third-order valence-electron chi connectivity index (χ3n) is 5.05. The number of nitrogens with zero attached hydrogens (tertiary/aromatic N) is 2. The van der Waals surface area contributed by atoms with Gasteiger partial charge in [-0.25, -0.2) is 12.8 Å². The van der Waals surface area contributed by atoms with Gasteiger partial charge in [0.15, 0.2) is 12.4 Å². The Balaban J connectivity index is 1.72. The molecule has 2 heterocycles. The number of hydrogen-bond donors (Lipinski definition) is 1. The van der Waals surface area contributed by atoms with Gasteiger partial charge in [-0.1, -0.05) is 11.6 Å². The topological polar surface area (TPSA) is 110 Å². The molecule has 1 N–H and O–H groups in total. The molecule has 35 heavy (non-hydrogen) atoms. The molecule has 1 aromatic heterocycles. The van der Waals surface area contributed by atoms with E-state index in [2.05, 4.69) is 0 Å². The number of sulfonamides is 1. The maximum absolute atomic E-state index is 13.6. The number of carbonyl (C=O) groups excluding carboxylic acids is 2. The molecule has 0 radical (unpaired) electrons. The lowest BCUT2D eigenvalue weighted by molar-refractivity contribution is -0.605. The molecule has 4 rings (SSSR count). The first kappa shape index (κ1) is 24.4. The number of hydrogen-bond acceptors (Lipinski definition) is 5. The Kier molecular flexibility index (Phi) is 5.93. The molecule has 1 aliphatic rings. The minimum Gasteiger partial charge on any atom is -0.619 e.